The Bertz CT molecular complexity index is 1200. The molecule has 0 unspecified atom stereocenters. The van der Waals surface area contributed by atoms with Gasteiger partial charge in [-0.25, -0.2) is 9.78 Å². The molecular weight excluding hydrogens is 408 g/mol. The maximum Gasteiger partial charge on any atom is 0.339 e. The van der Waals surface area contributed by atoms with Crippen LogP contribution in [0, 0.1) is 25.2 Å². The Morgan fingerprint density at radius 1 is 1.19 bits per heavy atom. The minimum atomic E-state index is -0.880. The Kier molecular flexibility index (Phi) is 5.91. The number of amides is 1. The fourth-order valence-electron chi connectivity index (χ4n) is 4.06. The first-order chi connectivity index (χ1) is 15.4. The van der Waals surface area contributed by atoms with Gasteiger partial charge in [-0.3, -0.25) is 4.79 Å². The van der Waals surface area contributed by atoms with Gasteiger partial charge in [0.1, 0.15) is 5.54 Å². The van der Waals surface area contributed by atoms with Crippen LogP contribution in [0.4, 0.5) is 0 Å². The lowest BCUT2D eigenvalue weighted by molar-refractivity contribution is -0.125. The SMILES string of the molecule is Cc1ccc(-c2cc(C(=O)OCC(=O)NC3(C#N)CCCCC3)c3c(C)noc3n2)cc1. The van der Waals surface area contributed by atoms with Crippen LogP contribution < -0.4 is 5.32 Å². The average Bonchev–Trinajstić information content (AvgIpc) is 3.18. The lowest BCUT2D eigenvalue weighted by Gasteiger charge is -2.31. The molecule has 0 bridgehead atoms. The van der Waals surface area contributed by atoms with Crippen molar-refractivity contribution in [3.8, 4) is 17.3 Å². The molecule has 1 aliphatic carbocycles. The Balaban J connectivity index is 1.55. The number of aromatic nitrogens is 2. The van der Waals surface area contributed by atoms with E-state index in [1.54, 1.807) is 13.0 Å². The van der Waals surface area contributed by atoms with Crippen molar-refractivity contribution in [2.75, 3.05) is 6.61 Å². The lowest BCUT2D eigenvalue weighted by atomic mass is 9.83. The fourth-order valence-corrected chi connectivity index (χ4v) is 4.06. The zero-order valence-corrected chi connectivity index (χ0v) is 18.1. The summed E-state index contributed by atoms with van der Waals surface area (Å²) in [6, 6.07) is 11.6. The van der Waals surface area contributed by atoms with Gasteiger partial charge in [-0.2, -0.15) is 5.26 Å². The maximum atomic E-state index is 12.9. The third-order valence-electron chi connectivity index (χ3n) is 5.82. The Morgan fingerprint density at radius 3 is 2.59 bits per heavy atom. The van der Waals surface area contributed by atoms with Crippen molar-refractivity contribution in [1.29, 1.82) is 5.26 Å². The monoisotopic (exact) mass is 432 g/mol. The zero-order valence-electron chi connectivity index (χ0n) is 18.1. The fraction of sp³-hybridized carbons (Fsp3) is 0.375. The number of fused-ring (bicyclic) bond motifs is 1. The van der Waals surface area contributed by atoms with Crippen molar-refractivity contribution in [3.05, 3.63) is 47.2 Å². The number of hydrogen-bond donors (Lipinski definition) is 1. The molecule has 0 radical (unpaired) electrons. The summed E-state index contributed by atoms with van der Waals surface area (Å²) < 4.78 is 10.6. The predicted molar refractivity (Wildman–Crippen MR) is 117 cm³/mol. The highest BCUT2D eigenvalue weighted by Crippen LogP contribution is 2.29. The number of carbonyl (C=O) groups is 2. The van der Waals surface area contributed by atoms with Crippen molar-refractivity contribution in [2.45, 2.75) is 51.5 Å². The molecule has 1 amide bonds. The highest BCUT2D eigenvalue weighted by atomic mass is 16.5. The number of esters is 1. The number of pyridine rings is 1. The molecule has 8 heteroatoms. The van der Waals surface area contributed by atoms with Crippen LogP contribution in [0.3, 0.4) is 0 Å². The maximum absolute atomic E-state index is 12.9. The summed E-state index contributed by atoms with van der Waals surface area (Å²) >= 11 is 0. The summed E-state index contributed by atoms with van der Waals surface area (Å²) in [5.41, 5.74) is 2.53. The van der Waals surface area contributed by atoms with E-state index in [2.05, 4.69) is 21.5 Å². The molecule has 1 N–H and O–H groups in total. The first-order valence-corrected chi connectivity index (χ1v) is 10.6. The standard InChI is InChI=1S/C24H24N4O4/c1-15-6-8-17(9-7-15)19-12-18(21-16(2)28-32-22(21)26-19)23(30)31-13-20(29)27-24(14-25)10-4-3-5-11-24/h6-9,12H,3-5,10-11,13H2,1-2H3,(H,27,29). The van der Waals surface area contributed by atoms with Gasteiger partial charge in [0.2, 0.25) is 0 Å². The zero-order chi connectivity index (χ0) is 22.7. The van der Waals surface area contributed by atoms with Crippen LogP contribution >= 0.6 is 0 Å². The number of nitriles is 1. The van der Waals surface area contributed by atoms with E-state index in [0.29, 0.717) is 29.6 Å². The van der Waals surface area contributed by atoms with E-state index >= 15 is 0 Å². The molecule has 0 atom stereocenters. The van der Waals surface area contributed by atoms with Gasteiger partial charge in [-0.05, 0) is 32.8 Å². The second-order valence-corrected chi connectivity index (χ2v) is 8.25. The normalized spacial score (nSPS) is 15.2. The Hall–Kier alpha value is -3.73. The van der Waals surface area contributed by atoms with Gasteiger partial charge < -0.3 is 14.6 Å². The topological polar surface area (TPSA) is 118 Å². The van der Waals surface area contributed by atoms with Gasteiger partial charge in [-0.1, -0.05) is 54.2 Å². The largest absolute Gasteiger partial charge is 0.452 e. The molecule has 3 aromatic rings. The molecule has 2 heterocycles. The molecule has 0 aliphatic heterocycles. The average molecular weight is 432 g/mol. The highest BCUT2D eigenvalue weighted by Gasteiger charge is 2.34. The summed E-state index contributed by atoms with van der Waals surface area (Å²) in [5, 5.41) is 16.7. The third-order valence-corrected chi connectivity index (χ3v) is 5.82. The summed E-state index contributed by atoms with van der Waals surface area (Å²) in [5.74, 6) is -1.17. The van der Waals surface area contributed by atoms with Crippen LogP contribution in [0.2, 0.25) is 0 Å². The van der Waals surface area contributed by atoms with Crippen molar-refractivity contribution < 1.29 is 18.8 Å². The number of hydrogen-bond acceptors (Lipinski definition) is 7. The van der Waals surface area contributed by atoms with Crippen LogP contribution in [-0.2, 0) is 9.53 Å². The molecule has 8 nitrogen and oxygen atoms in total. The number of ether oxygens (including phenoxy) is 1. The molecule has 1 aliphatic rings. The number of rotatable bonds is 5. The van der Waals surface area contributed by atoms with Gasteiger partial charge in [0.15, 0.2) is 6.61 Å². The molecule has 0 saturated heterocycles. The molecule has 0 spiro atoms. The molecule has 164 valence electrons. The van der Waals surface area contributed by atoms with E-state index in [-0.39, 0.29) is 11.3 Å². The van der Waals surface area contributed by atoms with Crippen LogP contribution in [0.1, 0.15) is 53.7 Å². The summed E-state index contributed by atoms with van der Waals surface area (Å²) in [7, 11) is 0. The minimum absolute atomic E-state index is 0.225. The summed E-state index contributed by atoms with van der Waals surface area (Å²) in [6.07, 6.45) is 4.03. The number of aryl methyl sites for hydroxylation is 2. The number of benzene rings is 1. The highest BCUT2D eigenvalue weighted by molar-refractivity contribution is 6.04. The molecule has 4 rings (SSSR count). The van der Waals surface area contributed by atoms with Crippen molar-refractivity contribution in [3.63, 3.8) is 0 Å². The molecule has 1 aromatic carbocycles. The van der Waals surface area contributed by atoms with Gasteiger partial charge in [0.25, 0.3) is 11.6 Å². The van der Waals surface area contributed by atoms with Crippen LogP contribution in [0.5, 0.6) is 0 Å². The Labute approximate surface area is 185 Å². The third kappa shape index (κ3) is 4.33. The predicted octanol–water partition coefficient (Wildman–Crippen LogP) is 4.01. The van der Waals surface area contributed by atoms with E-state index in [0.717, 1.165) is 30.4 Å². The first kappa shape index (κ1) is 21.5. The second-order valence-electron chi connectivity index (χ2n) is 8.25. The molecule has 1 saturated carbocycles. The van der Waals surface area contributed by atoms with Gasteiger partial charge in [0, 0.05) is 5.56 Å². The number of nitrogens with one attached hydrogen (secondary N) is 1. The number of nitrogens with zero attached hydrogens (tertiary/aromatic N) is 3. The van der Waals surface area contributed by atoms with Gasteiger partial charge in [-0.15, -0.1) is 0 Å². The van der Waals surface area contributed by atoms with Crippen LogP contribution in [0.25, 0.3) is 22.4 Å². The van der Waals surface area contributed by atoms with Crippen molar-refractivity contribution in [2.24, 2.45) is 0 Å². The molecule has 32 heavy (non-hydrogen) atoms. The quantitative estimate of drug-likeness (QED) is 0.605. The van der Waals surface area contributed by atoms with Crippen LogP contribution in [0.15, 0.2) is 34.9 Å². The minimum Gasteiger partial charge on any atom is -0.452 e. The van der Waals surface area contributed by atoms with E-state index in [1.165, 1.54) is 0 Å². The number of carbonyl (C=O) groups excluding carboxylic acids is 2. The van der Waals surface area contributed by atoms with E-state index in [1.807, 2.05) is 31.2 Å². The van der Waals surface area contributed by atoms with E-state index in [4.69, 9.17) is 9.26 Å². The van der Waals surface area contributed by atoms with E-state index < -0.39 is 24.0 Å². The smallest absolute Gasteiger partial charge is 0.339 e. The summed E-state index contributed by atoms with van der Waals surface area (Å²) in [6.45, 7) is 3.22. The van der Waals surface area contributed by atoms with Crippen LogP contribution in [-0.4, -0.2) is 34.2 Å². The lowest BCUT2D eigenvalue weighted by Crippen LogP contribution is -2.50. The van der Waals surface area contributed by atoms with Crippen molar-refractivity contribution in [1.82, 2.24) is 15.5 Å². The van der Waals surface area contributed by atoms with Gasteiger partial charge >= 0.3 is 5.97 Å². The first-order valence-electron chi connectivity index (χ1n) is 10.6. The van der Waals surface area contributed by atoms with E-state index in [9.17, 15) is 14.9 Å². The van der Waals surface area contributed by atoms with Gasteiger partial charge in [0.05, 0.1) is 28.4 Å². The Morgan fingerprint density at radius 2 is 1.91 bits per heavy atom. The molecule has 1 fully saturated rings. The second kappa shape index (κ2) is 8.79. The summed E-state index contributed by atoms with van der Waals surface area (Å²) in [4.78, 5) is 29.8. The van der Waals surface area contributed by atoms with Crippen molar-refractivity contribution >= 4 is 23.0 Å². The molecule has 2 aromatic heterocycles. The molecular formula is C24H24N4O4.